The molecule has 0 radical (unpaired) electrons. The van der Waals surface area contributed by atoms with Crippen LogP contribution in [-0.2, 0) is 4.79 Å². The lowest BCUT2D eigenvalue weighted by molar-refractivity contribution is -0.138. The second-order valence-electron chi connectivity index (χ2n) is 7.10. The molecule has 20 heavy (non-hydrogen) atoms. The first-order valence-corrected chi connectivity index (χ1v) is 8.42. The van der Waals surface area contributed by atoms with Crippen LogP contribution in [0, 0.1) is 11.8 Å². The van der Waals surface area contributed by atoms with Gasteiger partial charge in [-0.05, 0) is 44.1 Å². The lowest BCUT2D eigenvalue weighted by Crippen LogP contribution is -2.56. The van der Waals surface area contributed by atoms with Gasteiger partial charge < -0.3 is 10.2 Å². The number of rotatable bonds is 3. The van der Waals surface area contributed by atoms with Gasteiger partial charge in [-0.1, -0.05) is 13.8 Å². The third-order valence-corrected chi connectivity index (χ3v) is 5.57. The van der Waals surface area contributed by atoms with Crippen molar-refractivity contribution in [3.8, 4) is 0 Å². The topological polar surface area (TPSA) is 35.6 Å². The Labute approximate surface area is 122 Å². The number of likely N-dealkylation sites (tertiary alicyclic amines) is 1. The molecule has 4 heteroatoms. The molecule has 1 aliphatic carbocycles. The second-order valence-corrected chi connectivity index (χ2v) is 7.10. The number of carbonyl (C=O) groups excluding carboxylic acids is 1. The van der Waals surface area contributed by atoms with Gasteiger partial charge in [0.1, 0.15) is 0 Å². The Bertz CT molecular complexity index is 346. The summed E-state index contributed by atoms with van der Waals surface area (Å²) in [5.74, 6) is 2.09. The predicted octanol–water partition coefficient (Wildman–Crippen LogP) is 1.32. The van der Waals surface area contributed by atoms with Crippen molar-refractivity contribution in [1.82, 2.24) is 15.1 Å². The number of nitrogens with zero attached hydrogens (tertiary/aromatic N) is 2. The van der Waals surface area contributed by atoms with Gasteiger partial charge in [-0.2, -0.15) is 0 Å². The van der Waals surface area contributed by atoms with Crippen LogP contribution in [-0.4, -0.2) is 60.5 Å². The zero-order valence-electron chi connectivity index (χ0n) is 13.0. The number of hydrogen-bond acceptors (Lipinski definition) is 3. The van der Waals surface area contributed by atoms with Crippen molar-refractivity contribution in [1.29, 1.82) is 0 Å². The van der Waals surface area contributed by atoms with Crippen LogP contribution in [0.5, 0.6) is 0 Å². The molecule has 114 valence electrons. The first kappa shape index (κ1) is 14.3. The highest BCUT2D eigenvalue weighted by atomic mass is 16.2. The normalized spacial score (nSPS) is 35.4. The van der Waals surface area contributed by atoms with Gasteiger partial charge in [-0.15, -0.1) is 0 Å². The van der Waals surface area contributed by atoms with E-state index in [2.05, 4.69) is 29.0 Å². The molecule has 1 N–H and O–H groups in total. The van der Waals surface area contributed by atoms with Gasteiger partial charge in [0.2, 0.25) is 5.91 Å². The van der Waals surface area contributed by atoms with Crippen LogP contribution in [0.15, 0.2) is 0 Å². The van der Waals surface area contributed by atoms with Crippen LogP contribution >= 0.6 is 0 Å². The maximum Gasteiger partial charge on any atom is 0.240 e. The van der Waals surface area contributed by atoms with Gasteiger partial charge in [0, 0.05) is 32.2 Å². The van der Waals surface area contributed by atoms with Crippen molar-refractivity contribution in [2.24, 2.45) is 11.8 Å². The second kappa shape index (κ2) is 6.02. The van der Waals surface area contributed by atoms with E-state index in [9.17, 15) is 4.79 Å². The minimum absolute atomic E-state index is 0.186. The summed E-state index contributed by atoms with van der Waals surface area (Å²) in [4.78, 5) is 17.3. The third kappa shape index (κ3) is 2.73. The molecule has 1 amide bonds. The lowest BCUT2D eigenvalue weighted by Gasteiger charge is -2.46. The molecule has 2 saturated heterocycles. The summed E-state index contributed by atoms with van der Waals surface area (Å²) in [6.07, 6.45) is 4.89. The molecular formula is C16H29N3O. The van der Waals surface area contributed by atoms with Crippen molar-refractivity contribution >= 4 is 5.91 Å². The summed E-state index contributed by atoms with van der Waals surface area (Å²) >= 11 is 0. The molecule has 0 aromatic heterocycles. The van der Waals surface area contributed by atoms with Gasteiger partial charge in [-0.25, -0.2) is 0 Å². The molecule has 1 atom stereocenters. The van der Waals surface area contributed by atoms with E-state index >= 15 is 0 Å². The van der Waals surface area contributed by atoms with Gasteiger partial charge in [-0.3, -0.25) is 9.69 Å². The standard InChI is InChI=1S/C16H29N3O/c1-12(2)13-10-14(11-13)19-7-3-4-15(19)16(20)18-8-5-17-6-9-18/h12-15,17H,3-11H2,1-2H3. The molecule has 2 heterocycles. The van der Waals surface area contributed by atoms with Gasteiger partial charge >= 0.3 is 0 Å². The van der Waals surface area contributed by atoms with Crippen molar-refractivity contribution < 1.29 is 4.79 Å². The summed E-state index contributed by atoms with van der Waals surface area (Å²) < 4.78 is 0. The molecule has 3 fully saturated rings. The first-order valence-electron chi connectivity index (χ1n) is 8.42. The van der Waals surface area contributed by atoms with Crippen LogP contribution in [0.25, 0.3) is 0 Å². The number of carbonyl (C=O) groups is 1. The number of hydrogen-bond donors (Lipinski definition) is 1. The Morgan fingerprint density at radius 1 is 1.15 bits per heavy atom. The van der Waals surface area contributed by atoms with E-state index in [1.807, 2.05) is 0 Å². The van der Waals surface area contributed by atoms with E-state index in [-0.39, 0.29) is 6.04 Å². The van der Waals surface area contributed by atoms with Crippen LogP contribution in [0.4, 0.5) is 0 Å². The SMILES string of the molecule is CC(C)C1CC(N2CCCC2C(=O)N2CCNCC2)C1. The molecule has 1 unspecified atom stereocenters. The summed E-state index contributed by atoms with van der Waals surface area (Å²) in [5.41, 5.74) is 0. The van der Waals surface area contributed by atoms with E-state index in [0.29, 0.717) is 11.9 Å². The van der Waals surface area contributed by atoms with Gasteiger partial charge in [0.15, 0.2) is 0 Å². The molecule has 3 rings (SSSR count). The van der Waals surface area contributed by atoms with Crippen molar-refractivity contribution in [2.75, 3.05) is 32.7 Å². The summed E-state index contributed by atoms with van der Waals surface area (Å²) in [6.45, 7) is 9.49. The lowest BCUT2D eigenvalue weighted by atomic mass is 9.73. The van der Waals surface area contributed by atoms with Crippen molar-refractivity contribution in [2.45, 2.75) is 51.6 Å². The highest BCUT2D eigenvalue weighted by Crippen LogP contribution is 2.40. The fourth-order valence-electron chi connectivity index (χ4n) is 4.03. The predicted molar refractivity (Wildman–Crippen MR) is 80.5 cm³/mol. The molecule has 0 aromatic carbocycles. The average Bonchev–Trinajstić information content (AvgIpc) is 2.86. The summed E-state index contributed by atoms with van der Waals surface area (Å²) in [5, 5.41) is 3.33. The molecule has 0 aromatic rings. The summed E-state index contributed by atoms with van der Waals surface area (Å²) in [7, 11) is 0. The van der Waals surface area contributed by atoms with Crippen molar-refractivity contribution in [3.05, 3.63) is 0 Å². The van der Waals surface area contributed by atoms with E-state index in [1.54, 1.807) is 0 Å². The number of amides is 1. The molecule has 0 spiro atoms. The Kier molecular flexibility index (Phi) is 4.32. The largest absolute Gasteiger partial charge is 0.339 e. The third-order valence-electron chi connectivity index (χ3n) is 5.57. The molecule has 3 aliphatic rings. The Balaban J connectivity index is 1.57. The number of nitrogens with one attached hydrogen (secondary N) is 1. The van der Waals surface area contributed by atoms with E-state index in [1.165, 1.54) is 19.3 Å². The van der Waals surface area contributed by atoms with E-state index < -0.39 is 0 Å². The average molecular weight is 279 g/mol. The molecule has 4 nitrogen and oxygen atoms in total. The fraction of sp³-hybridized carbons (Fsp3) is 0.938. The Morgan fingerprint density at radius 2 is 1.85 bits per heavy atom. The maximum absolute atomic E-state index is 12.7. The van der Waals surface area contributed by atoms with Crippen LogP contribution in [0.1, 0.15) is 39.5 Å². The van der Waals surface area contributed by atoms with Crippen LogP contribution in [0.3, 0.4) is 0 Å². The zero-order chi connectivity index (χ0) is 14.1. The molecule has 2 aliphatic heterocycles. The van der Waals surface area contributed by atoms with E-state index in [4.69, 9.17) is 0 Å². The summed E-state index contributed by atoms with van der Waals surface area (Å²) in [6, 6.07) is 0.868. The number of piperazine rings is 1. The van der Waals surface area contributed by atoms with Crippen molar-refractivity contribution in [3.63, 3.8) is 0 Å². The van der Waals surface area contributed by atoms with Gasteiger partial charge in [0.05, 0.1) is 6.04 Å². The molecule has 0 bridgehead atoms. The zero-order valence-corrected chi connectivity index (χ0v) is 13.0. The first-order chi connectivity index (χ1) is 9.66. The minimum atomic E-state index is 0.186. The van der Waals surface area contributed by atoms with Crippen LogP contribution in [0.2, 0.25) is 0 Å². The Hall–Kier alpha value is -0.610. The maximum atomic E-state index is 12.7. The monoisotopic (exact) mass is 279 g/mol. The fourth-order valence-corrected chi connectivity index (χ4v) is 4.03. The van der Waals surface area contributed by atoms with E-state index in [0.717, 1.165) is 51.0 Å². The molecule has 1 saturated carbocycles. The van der Waals surface area contributed by atoms with Crippen LogP contribution < -0.4 is 5.32 Å². The minimum Gasteiger partial charge on any atom is -0.339 e. The smallest absolute Gasteiger partial charge is 0.240 e. The highest BCUT2D eigenvalue weighted by molar-refractivity contribution is 5.82. The van der Waals surface area contributed by atoms with Gasteiger partial charge in [0.25, 0.3) is 0 Å². The highest BCUT2D eigenvalue weighted by Gasteiger charge is 2.43. The molecular weight excluding hydrogens is 250 g/mol. The quantitative estimate of drug-likeness (QED) is 0.846. The Morgan fingerprint density at radius 3 is 2.50 bits per heavy atom.